The lowest BCUT2D eigenvalue weighted by atomic mass is 10.0. The van der Waals surface area contributed by atoms with Crippen LogP contribution in [0.5, 0.6) is 0 Å². The minimum atomic E-state index is -1.62. The van der Waals surface area contributed by atoms with Gasteiger partial charge in [-0.2, -0.15) is 0 Å². The maximum absolute atomic E-state index is 13.0. The summed E-state index contributed by atoms with van der Waals surface area (Å²) in [5.74, 6) is -2.26. The number of carboxylic acid groups (broad SMARTS) is 1. The lowest BCUT2D eigenvalue weighted by Gasteiger charge is -2.26. The van der Waals surface area contributed by atoms with Gasteiger partial charge in [-0.25, -0.2) is 0 Å². The van der Waals surface area contributed by atoms with Crippen LogP contribution >= 0.6 is 0 Å². The highest BCUT2D eigenvalue weighted by Crippen LogP contribution is 2.19. The summed E-state index contributed by atoms with van der Waals surface area (Å²) in [7, 11) is 5.94. The molecule has 91 heavy (non-hydrogen) atoms. The maximum Gasteiger partial charge on any atom is 0.306 e. The minimum Gasteiger partial charge on any atom is -0.545 e. The van der Waals surface area contributed by atoms with Crippen molar-refractivity contribution in [2.45, 2.75) is 399 Å². The van der Waals surface area contributed by atoms with E-state index in [1.165, 1.54) is 295 Å². The summed E-state index contributed by atoms with van der Waals surface area (Å²) in [6.45, 7) is 4.78. The van der Waals surface area contributed by atoms with Crippen LogP contribution in [0.4, 0.5) is 0 Å². The fourth-order valence-electron chi connectivity index (χ4n) is 11.7. The van der Waals surface area contributed by atoms with Gasteiger partial charge in [0.1, 0.15) is 13.2 Å². The Morgan fingerprint density at radius 2 is 0.593 bits per heavy atom. The summed E-state index contributed by atoms with van der Waals surface area (Å²) in [6.07, 6.45) is 93.4. The maximum atomic E-state index is 13.0. The Bertz CT molecular complexity index is 1680. The second-order valence-electron chi connectivity index (χ2n) is 28.0. The van der Waals surface area contributed by atoms with Gasteiger partial charge < -0.3 is 33.3 Å². The van der Waals surface area contributed by atoms with Gasteiger partial charge >= 0.3 is 11.9 Å². The quantitative estimate of drug-likeness (QED) is 0.0195. The first kappa shape index (κ1) is 88.0. The number of allylic oxidation sites excluding steroid dienone is 10. The number of carboxylic acids is 1. The van der Waals surface area contributed by atoms with Gasteiger partial charge in [0.15, 0.2) is 12.4 Å². The van der Waals surface area contributed by atoms with Crippen LogP contribution in [-0.4, -0.2) is 82.3 Å². The molecule has 0 fully saturated rings. The van der Waals surface area contributed by atoms with Crippen molar-refractivity contribution in [3.05, 3.63) is 60.8 Å². The molecule has 0 aromatic rings. The molecule has 0 rings (SSSR count). The van der Waals surface area contributed by atoms with Crippen molar-refractivity contribution in [1.29, 1.82) is 0 Å². The first-order chi connectivity index (χ1) is 44.6. The molecule has 0 aliphatic rings. The fourth-order valence-corrected chi connectivity index (χ4v) is 11.7. The van der Waals surface area contributed by atoms with E-state index in [9.17, 15) is 19.5 Å². The molecule has 0 aromatic heterocycles. The van der Waals surface area contributed by atoms with Crippen LogP contribution in [0.15, 0.2) is 60.8 Å². The Morgan fingerprint density at radius 3 is 0.879 bits per heavy atom. The van der Waals surface area contributed by atoms with Gasteiger partial charge in [-0.3, -0.25) is 9.59 Å². The van der Waals surface area contributed by atoms with E-state index in [0.29, 0.717) is 23.9 Å². The van der Waals surface area contributed by atoms with Gasteiger partial charge in [0.25, 0.3) is 0 Å². The summed E-state index contributed by atoms with van der Waals surface area (Å²) >= 11 is 0. The topological polar surface area (TPSA) is 111 Å². The Labute approximate surface area is 565 Å². The van der Waals surface area contributed by atoms with Gasteiger partial charge in [-0.1, -0.05) is 351 Å². The van der Waals surface area contributed by atoms with Gasteiger partial charge in [0.05, 0.1) is 40.3 Å². The Kier molecular flexibility index (Phi) is 70.4. The zero-order chi connectivity index (χ0) is 66.1. The van der Waals surface area contributed by atoms with Gasteiger partial charge in [-0.15, -0.1) is 0 Å². The van der Waals surface area contributed by atoms with Crippen LogP contribution < -0.4 is 5.11 Å². The number of quaternary nitrogens is 1. The minimum absolute atomic E-state index is 0.148. The number of aliphatic carboxylic acids is 1. The second-order valence-corrected chi connectivity index (χ2v) is 28.0. The second kappa shape index (κ2) is 72.8. The molecule has 0 saturated heterocycles. The molecule has 0 radical (unpaired) electrons. The first-order valence-corrected chi connectivity index (χ1v) is 39.4. The standard InChI is InChI=1S/C82H151NO8/c1-6-8-10-12-14-16-18-20-22-24-26-28-30-32-34-35-36-37-38-39-40-41-42-43-44-45-47-48-50-52-54-56-58-60-62-64-66-68-70-72-79(84)89-76-78(77-90-82(81(86)87)88-75-74-83(3,4)5)91-80(85)73-71-69-67-65-63-61-59-57-55-53-51-49-46-33-31-29-27-25-23-21-19-17-15-13-11-9-7-2/h18-21,24-27,31,33,78,82H,6-17,22-23,28-30,32,34-77H2,1-5H3/b20-18-,21-19-,26-24-,27-25-,33-31-. The highest BCUT2D eigenvalue weighted by atomic mass is 16.7. The largest absolute Gasteiger partial charge is 0.545 e. The van der Waals surface area contributed by atoms with Crippen LogP contribution in [0, 0.1) is 0 Å². The van der Waals surface area contributed by atoms with Gasteiger partial charge in [0.2, 0.25) is 0 Å². The van der Waals surface area contributed by atoms with E-state index in [-0.39, 0.29) is 32.2 Å². The molecule has 0 aliphatic carbocycles. The van der Waals surface area contributed by atoms with E-state index in [4.69, 9.17) is 18.9 Å². The molecule has 532 valence electrons. The third-order valence-corrected chi connectivity index (χ3v) is 17.7. The Morgan fingerprint density at radius 1 is 0.330 bits per heavy atom. The number of ether oxygens (including phenoxy) is 4. The number of unbranched alkanes of at least 4 members (excludes halogenated alkanes) is 49. The number of carbonyl (C=O) groups excluding carboxylic acids is 3. The molecule has 2 atom stereocenters. The molecule has 0 amide bonds. The zero-order valence-corrected chi connectivity index (χ0v) is 61.0. The van der Waals surface area contributed by atoms with Crippen LogP contribution in [0.3, 0.4) is 0 Å². The van der Waals surface area contributed by atoms with E-state index in [1.807, 2.05) is 21.1 Å². The first-order valence-electron chi connectivity index (χ1n) is 39.4. The SMILES string of the molecule is CCCCCCC/C=C\C/C=C\C/C=C\CCCCCCCCCCCCCCC(=O)OC(COC(=O)CCCCCCCCCCCCCCCCCCCCCCCCCCCCC/C=C\C/C=C\CCCCCCC)COC(OCC[N+](C)(C)C)C(=O)[O-]. The molecule has 0 saturated carbocycles. The van der Waals surface area contributed by atoms with Crippen LogP contribution in [0.1, 0.15) is 386 Å². The van der Waals surface area contributed by atoms with E-state index >= 15 is 0 Å². The number of nitrogens with zero attached hydrogens (tertiary/aromatic N) is 1. The van der Waals surface area contributed by atoms with Crippen molar-refractivity contribution in [3.8, 4) is 0 Å². The molecule has 0 heterocycles. The molecule has 2 unspecified atom stereocenters. The van der Waals surface area contributed by atoms with Crippen molar-refractivity contribution in [1.82, 2.24) is 0 Å². The number of carbonyl (C=O) groups is 3. The van der Waals surface area contributed by atoms with Gasteiger partial charge in [-0.05, 0) is 83.5 Å². The van der Waals surface area contributed by atoms with Crippen molar-refractivity contribution in [2.24, 2.45) is 0 Å². The summed E-state index contributed by atoms with van der Waals surface area (Å²) in [4.78, 5) is 37.6. The number of hydrogen-bond donors (Lipinski definition) is 0. The van der Waals surface area contributed by atoms with Crippen molar-refractivity contribution in [2.75, 3.05) is 47.5 Å². The average Bonchev–Trinajstić information content (AvgIpc) is 3.46. The molecule has 0 spiro atoms. The highest BCUT2D eigenvalue weighted by molar-refractivity contribution is 5.70. The zero-order valence-electron chi connectivity index (χ0n) is 61.0. The summed E-state index contributed by atoms with van der Waals surface area (Å²) in [5, 5.41) is 11.8. The van der Waals surface area contributed by atoms with E-state index in [2.05, 4.69) is 74.6 Å². The predicted octanol–water partition coefficient (Wildman–Crippen LogP) is 23.7. The number of likely N-dealkylation sites (N-methyl/N-ethyl adjacent to an activating group) is 1. The smallest absolute Gasteiger partial charge is 0.306 e. The van der Waals surface area contributed by atoms with E-state index in [1.54, 1.807) is 0 Å². The van der Waals surface area contributed by atoms with Crippen molar-refractivity contribution in [3.63, 3.8) is 0 Å². The highest BCUT2D eigenvalue weighted by Gasteiger charge is 2.22. The predicted molar refractivity (Wildman–Crippen MR) is 389 cm³/mol. The van der Waals surface area contributed by atoms with Crippen LogP contribution in [-0.2, 0) is 33.3 Å². The summed E-state index contributed by atoms with van der Waals surface area (Å²) in [5.41, 5.74) is 0. The summed E-state index contributed by atoms with van der Waals surface area (Å²) in [6, 6.07) is 0. The molecule has 0 bridgehead atoms. The Hall–Kier alpha value is -3.01. The third-order valence-electron chi connectivity index (χ3n) is 17.7. The molecule has 0 aliphatic heterocycles. The average molecular weight is 1280 g/mol. The van der Waals surface area contributed by atoms with Crippen LogP contribution in [0.25, 0.3) is 0 Å². The van der Waals surface area contributed by atoms with Gasteiger partial charge in [0, 0.05) is 12.8 Å². The lowest BCUT2D eigenvalue weighted by molar-refractivity contribution is -0.870. The molecular formula is C82H151NO8. The monoisotopic (exact) mass is 1280 g/mol. The number of hydrogen-bond acceptors (Lipinski definition) is 8. The van der Waals surface area contributed by atoms with E-state index < -0.39 is 24.3 Å². The molecule has 0 N–H and O–H groups in total. The Balaban J connectivity index is 3.97. The molecule has 9 heteroatoms. The van der Waals surface area contributed by atoms with Crippen molar-refractivity contribution >= 4 is 17.9 Å². The fraction of sp³-hybridized carbons (Fsp3) is 0.841. The number of esters is 2. The summed E-state index contributed by atoms with van der Waals surface area (Å²) < 4.78 is 22.9. The van der Waals surface area contributed by atoms with E-state index in [0.717, 1.165) is 57.8 Å². The van der Waals surface area contributed by atoms with Crippen LogP contribution in [0.2, 0.25) is 0 Å². The molecule has 9 nitrogen and oxygen atoms in total. The molecule has 0 aromatic carbocycles. The lowest BCUT2D eigenvalue weighted by Crippen LogP contribution is -2.44. The molecular weight excluding hydrogens is 1130 g/mol. The normalized spacial score (nSPS) is 12.9. The third kappa shape index (κ3) is 74.3. The number of rotatable bonds is 74. The van der Waals surface area contributed by atoms with Crippen molar-refractivity contribution < 1.29 is 42.9 Å².